The Labute approximate surface area is 142 Å². The van der Waals surface area contributed by atoms with E-state index in [9.17, 15) is 9.18 Å². The van der Waals surface area contributed by atoms with E-state index in [0.717, 1.165) is 0 Å². The Morgan fingerprint density at radius 3 is 2.29 bits per heavy atom. The molecular weight excluding hydrogens is 330 g/mol. The van der Waals surface area contributed by atoms with Gasteiger partial charge in [0, 0.05) is 25.2 Å². The number of carbonyl (C=O) groups excluding carboxylic acids is 1. The van der Waals surface area contributed by atoms with E-state index in [0.29, 0.717) is 5.56 Å². The van der Waals surface area contributed by atoms with Crippen molar-refractivity contribution in [3.05, 3.63) is 53.9 Å². The summed E-state index contributed by atoms with van der Waals surface area (Å²) in [7, 11) is -3.47. The Hall–Kier alpha value is -1.63. The molecule has 0 fully saturated rings. The molecule has 130 valence electrons. The molecule has 0 heterocycles. The SMILES string of the molecule is CCO[Si](C)(OCC)C(=O)C1(F)CC(F)=CC=C1c1ccccc1. The van der Waals surface area contributed by atoms with Crippen LogP contribution in [0, 0.1) is 0 Å². The lowest BCUT2D eigenvalue weighted by atomic mass is 9.84. The van der Waals surface area contributed by atoms with Gasteiger partial charge < -0.3 is 8.85 Å². The van der Waals surface area contributed by atoms with Gasteiger partial charge in [0.2, 0.25) is 11.1 Å². The predicted octanol–water partition coefficient (Wildman–Crippen LogP) is 4.29. The molecule has 2 rings (SSSR count). The van der Waals surface area contributed by atoms with Gasteiger partial charge in [-0.1, -0.05) is 36.4 Å². The second-order valence-corrected chi connectivity index (χ2v) is 8.60. The molecule has 0 saturated carbocycles. The van der Waals surface area contributed by atoms with E-state index in [1.807, 2.05) is 0 Å². The summed E-state index contributed by atoms with van der Waals surface area (Å²) in [5.74, 6) is -0.671. The van der Waals surface area contributed by atoms with Gasteiger partial charge in [-0.05, 0) is 32.0 Å². The summed E-state index contributed by atoms with van der Waals surface area (Å²) < 4.78 is 40.8. The highest BCUT2D eigenvalue weighted by molar-refractivity contribution is 6.97. The maximum atomic E-state index is 15.9. The van der Waals surface area contributed by atoms with Crippen LogP contribution >= 0.6 is 0 Å². The molecule has 0 radical (unpaired) electrons. The molecule has 0 aromatic heterocycles. The van der Waals surface area contributed by atoms with Crippen LogP contribution in [0.2, 0.25) is 6.55 Å². The molecule has 0 saturated heterocycles. The zero-order valence-electron chi connectivity index (χ0n) is 14.1. The molecular formula is C18H22F2O3Si. The van der Waals surface area contributed by atoms with E-state index in [4.69, 9.17) is 8.85 Å². The fraction of sp³-hybridized carbons (Fsp3) is 0.389. The van der Waals surface area contributed by atoms with Crippen molar-refractivity contribution in [2.45, 2.75) is 32.5 Å². The monoisotopic (exact) mass is 352 g/mol. The summed E-state index contributed by atoms with van der Waals surface area (Å²) in [5.41, 5.74) is -1.81. The van der Waals surface area contributed by atoms with Crippen molar-refractivity contribution in [2.75, 3.05) is 13.2 Å². The zero-order valence-corrected chi connectivity index (χ0v) is 15.1. The molecule has 0 aliphatic heterocycles. The average Bonchev–Trinajstić information content (AvgIpc) is 2.55. The molecule has 1 aliphatic rings. The number of rotatable bonds is 7. The molecule has 0 N–H and O–H groups in total. The Morgan fingerprint density at radius 2 is 1.75 bits per heavy atom. The third kappa shape index (κ3) is 3.55. The zero-order chi connectivity index (χ0) is 17.8. The minimum absolute atomic E-state index is 0.146. The summed E-state index contributed by atoms with van der Waals surface area (Å²) in [6.45, 7) is 5.42. The number of hydrogen-bond acceptors (Lipinski definition) is 3. The highest BCUT2D eigenvalue weighted by Gasteiger charge is 2.56. The van der Waals surface area contributed by atoms with Crippen LogP contribution in [0.5, 0.6) is 0 Å². The Morgan fingerprint density at radius 1 is 1.17 bits per heavy atom. The lowest BCUT2D eigenvalue weighted by Gasteiger charge is -2.35. The quantitative estimate of drug-likeness (QED) is 0.687. The number of benzene rings is 1. The molecule has 0 amide bonds. The van der Waals surface area contributed by atoms with Crippen molar-refractivity contribution in [1.82, 2.24) is 0 Å². The Balaban J connectivity index is 2.49. The maximum Gasteiger partial charge on any atom is 0.412 e. The van der Waals surface area contributed by atoms with Gasteiger partial charge in [0.15, 0.2) is 0 Å². The third-order valence-corrected chi connectivity index (χ3v) is 6.87. The van der Waals surface area contributed by atoms with Crippen LogP contribution in [-0.2, 0) is 13.6 Å². The summed E-state index contributed by atoms with van der Waals surface area (Å²) in [6.07, 6.45) is 1.90. The summed E-state index contributed by atoms with van der Waals surface area (Å²) in [5, 5.41) is -0.794. The van der Waals surface area contributed by atoms with Crippen molar-refractivity contribution >= 4 is 19.5 Å². The molecule has 0 bridgehead atoms. The van der Waals surface area contributed by atoms with Crippen LogP contribution in [0.25, 0.3) is 5.57 Å². The summed E-state index contributed by atoms with van der Waals surface area (Å²) in [4.78, 5) is 13.1. The van der Waals surface area contributed by atoms with Crippen LogP contribution in [0.1, 0.15) is 25.8 Å². The first-order valence-corrected chi connectivity index (χ1v) is 10.3. The molecule has 1 aliphatic carbocycles. The van der Waals surface area contributed by atoms with E-state index in [1.54, 1.807) is 44.2 Å². The van der Waals surface area contributed by atoms with E-state index in [2.05, 4.69) is 0 Å². The normalized spacial score (nSPS) is 21.2. The van der Waals surface area contributed by atoms with Crippen LogP contribution < -0.4 is 0 Å². The fourth-order valence-electron chi connectivity index (χ4n) is 2.92. The van der Waals surface area contributed by atoms with Crippen molar-refractivity contribution in [3.63, 3.8) is 0 Å². The molecule has 3 nitrogen and oxygen atoms in total. The van der Waals surface area contributed by atoms with Gasteiger partial charge in [-0.15, -0.1) is 0 Å². The molecule has 1 aromatic rings. The number of hydrogen-bond donors (Lipinski definition) is 0. The van der Waals surface area contributed by atoms with Crippen molar-refractivity contribution in [1.29, 1.82) is 0 Å². The van der Waals surface area contributed by atoms with Crippen LogP contribution in [0.15, 0.2) is 48.3 Å². The first kappa shape index (κ1) is 18.7. The largest absolute Gasteiger partial charge is 0.412 e. The Kier molecular flexibility index (Phi) is 5.85. The number of allylic oxidation sites excluding steroid dienone is 4. The standard InChI is InChI=1S/C18H22F2O3Si/c1-4-22-24(3,23-5-2)17(21)18(20)13-15(19)11-12-16(18)14-9-7-6-8-10-14/h6-12H,4-5,13H2,1-3H3. The van der Waals surface area contributed by atoms with E-state index in [-0.39, 0.29) is 18.8 Å². The minimum Gasteiger partial charge on any atom is -0.390 e. The second kappa shape index (κ2) is 7.50. The van der Waals surface area contributed by atoms with Crippen LogP contribution in [0.4, 0.5) is 8.78 Å². The smallest absolute Gasteiger partial charge is 0.390 e. The van der Waals surface area contributed by atoms with Crippen LogP contribution in [0.3, 0.4) is 0 Å². The highest BCUT2D eigenvalue weighted by Crippen LogP contribution is 2.42. The number of halogens is 2. The third-order valence-electron chi connectivity index (χ3n) is 3.97. The lowest BCUT2D eigenvalue weighted by molar-refractivity contribution is -0.123. The first-order valence-electron chi connectivity index (χ1n) is 8.01. The van der Waals surface area contributed by atoms with Gasteiger partial charge in [-0.2, -0.15) is 0 Å². The number of alkyl halides is 1. The predicted molar refractivity (Wildman–Crippen MR) is 91.9 cm³/mol. The molecule has 24 heavy (non-hydrogen) atoms. The van der Waals surface area contributed by atoms with Gasteiger partial charge in [0.1, 0.15) is 5.83 Å². The van der Waals surface area contributed by atoms with Gasteiger partial charge >= 0.3 is 8.56 Å². The van der Waals surface area contributed by atoms with E-state index in [1.165, 1.54) is 18.7 Å². The topological polar surface area (TPSA) is 35.5 Å². The summed E-state index contributed by atoms with van der Waals surface area (Å²) >= 11 is 0. The first-order chi connectivity index (χ1) is 11.4. The van der Waals surface area contributed by atoms with E-state index < -0.39 is 31.9 Å². The van der Waals surface area contributed by atoms with E-state index >= 15 is 4.39 Å². The maximum absolute atomic E-state index is 15.9. The molecule has 1 unspecified atom stereocenters. The molecule has 1 atom stereocenters. The average molecular weight is 352 g/mol. The van der Waals surface area contributed by atoms with Gasteiger partial charge in [-0.3, -0.25) is 4.79 Å². The summed E-state index contributed by atoms with van der Waals surface area (Å²) in [6, 6.07) is 8.69. The fourth-order valence-corrected chi connectivity index (χ4v) is 5.31. The number of carbonyl (C=O) groups is 1. The van der Waals surface area contributed by atoms with Crippen LogP contribution in [-0.4, -0.2) is 32.8 Å². The minimum atomic E-state index is -3.47. The molecule has 6 heteroatoms. The van der Waals surface area contributed by atoms with Gasteiger partial charge in [-0.25, -0.2) is 8.78 Å². The van der Waals surface area contributed by atoms with Crippen molar-refractivity contribution in [3.8, 4) is 0 Å². The Bertz CT molecular complexity index is 651. The van der Waals surface area contributed by atoms with Gasteiger partial charge in [0.05, 0.1) is 0 Å². The molecule has 1 aromatic carbocycles. The van der Waals surface area contributed by atoms with Crippen molar-refractivity contribution in [2.24, 2.45) is 0 Å². The highest BCUT2D eigenvalue weighted by atomic mass is 28.4. The van der Waals surface area contributed by atoms with Gasteiger partial charge in [0.25, 0.3) is 0 Å². The molecule has 0 spiro atoms. The second-order valence-electron chi connectivity index (χ2n) is 5.68. The van der Waals surface area contributed by atoms with Crippen molar-refractivity contribution < 1.29 is 22.4 Å². The lowest BCUT2D eigenvalue weighted by Crippen LogP contribution is -2.57.